The Kier molecular flexibility index (Phi) is 6.06. The Balaban J connectivity index is 1.90. The van der Waals surface area contributed by atoms with E-state index in [2.05, 4.69) is 23.9 Å². The molecule has 0 spiro atoms. The number of carbonyl (C=O) groups is 1. The van der Waals surface area contributed by atoms with Crippen LogP contribution in [0.25, 0.3) is 0 Å². The van der Waals surface area contributed by atoms with Crippen LogP contribution in [-0.2, 0) is 0 Å². The number of halogens is 2. The maximum Gasteiger partial charge on any atom is 0.165 e. The van der Waals surface area contributed by atoms with Gasteiger partial charge >= 0.3 is 0 Å². The molecular formula is C16H22Cl2N2O. The van der Waals surface area contributed by atoms with Gasteiger partial charge in [0.25, 0.3) is 0 Å². The molecule has 0 bridgehead atoms. The fourth-order valence-corrected chi connectivity index (χ4v) is 3.18. The van der Waals surface area contributed by atoms with Gasteiger partial charge < -0.3 is 9.80 Å². The quantitative estimate of drug-likeness (QED) is 0.771. The summed E-state index contributed by atoms with van der Waals surface area (Å²) in [5.74, 6) is 0.0643. The van der Waals surface area contributed by atoms with Crippen LogP contribution in [0, 0.1) is 0 Å². The monoisotopic (exact) mass is 328 g/mol. The van der Waals surface area contributed by atoms with Crippen molar-refractivity contribution in [2.45, 2.75) is 25.3 Å². The summed E-state index contributed by atoms with van der Waals surface area (Å²) in [5.41, 5.74) is 0.533. The predicted octanol–water partition coefficient (Wildman–Crippen LogP) is 3.59. The highest BCUT2D eigenvalue weighted by molar-refractivity contribution is 6.43. The molecule has 1 aliphatic rings. The summed E-state index contributed by atoms with van der Waals surface area (Å²) in [6.45, 7) is 2.89. The number of nitrogens with zero attached hydrogens (tertiary/aromatic N) is 2. The van der Waals surface area contributed by atoms with Crippen LogP contribution in [0.1, 0.15) is 29.6 Å². The molecule has 0 N–H and O–H groups in total. The number of likely N-dealkylation sites (N-methyl/N-ethyl adjacent to an activating group) is 1. The summed E-state index contributed by atoms with van der Waals surface area (Å²) in [7, 11) is 4.23. The molecule has 1 saturated heterocycles. The lowest BCUT2D eigenvalue weighted by Crippen LogP contribution is -2.45. The zero-order chi connectivity index (χ0) is 15.4. The Morgan fingerprint density at radius 1 is 1.38 bits per heavy atom. The average Bonchev–Trinajstić information content (AvgIpc) is 2.48. The Labute approximate surface area is 136 Å². The van der Waals surface area contributed by atoms with Crippen molar-refractivity contribution in [1.82, 2.24) is 9.80 Å². The summed E-state index contributed by atoms with van der Waals surface area (Å²) in [5, 5.41) is 0.808. The van der Waals surface area contributed by atoms with Crippen molar-refractivity contribution in [3.05, 3.63) is 33.8 Å². The smallest absolute Gasteiger partial charge is 0.165 e. The number of rotatable bonds is 5. The van der Waals surface area contributed by atoms with E-state index in [0.29, 0.717) is 28.1 Å². The molecule has 0 aromatic heterocycles. The van der Waals surface area contributed by atoms with Crippen molar-refractivity contribution < 1.29 is 4.79 Å². The molecule has 0 radical (unpaired) electrons. The van der Waals surface area contributed by atoms with Crippen LogP contribution in [0.15, 0.2) is 18.2 Å². The van der Waals surface area contributed by atoms with E-state index in [1.807, 2.05) is 0 Å². The van der Waals surface area contributed by atoms with Gasteiger partial charge in [0.2, 0.25) is 0 Å². The van der Waals surface area contributed by atoms with Crippen LogP contribution >= 0.6 is 23.2 Å². The summed E-state index contributed by atoms with van der Waals surface area (Å²) >= 11 is 12.1. The first-order valence-corrected chi connectivity index (χ1v) is 8.10. The molecule has 1 aromatic rings. The van der Waals surface area contributed by atoms with E-state index < -0.39 is 0 Å². The fraction of sp³-hybridized carbons (Fsp3) is 0.562. The number of benzene rings is 1. The van der Waals surface area contributed by atoms with E-state index in [9.17, 15) is 4.79 Å². The lowest BCUT2D eigenvalue weighted by atomic mass is 10.0. The molecule has 116 valence electrons. The van der Waals surface area contributed by atoms with E-state index in [1.54, 1.807) is 18.2 Å². The number of ketones is 1. The third-order valence-corrected chi connectivity index (χ3v) is 4.94. The number of carbonyl (C=O) groups excluding carboxylic acids is 1. The van der Waals surface area contributed by atoms with Crippen LogP contribution in [-0.4, -0.2) is 55.4 Å². The fourth-order valence-electron chi connectivity index (χ4n) is 2.77. The Bertz CT molecular complexity index is 505. The molecule has 5 heteroatoms. The molecule has 1 unspecified atom stereocenters. The maximum absolute atomic E-state index is 12.3. The summed E-state index contributed by atoms with van der Waals surface area (Å²) < 4.78 is 0. The Hall–Kier alpha value is -0.610. The summed E-state index contributed by atoms with van der Waals surface area (Å²) in [6.07, 6.45) is 2.91. The summed E-state index contributed by atoms with van der Waals surface area (Å²) in [4.78, 5) is 16.9. The van der Waals surface area contributed by atoms with E-state index in [4.69, 9.17) is 23.2 Å². The van der Waals surface area contributed by atoms with Crippen molar-refractivity contribution in [2.75, 3.05) is 33.7 Å². The molecule has 3 nitrogen and oxygen atoms in total. The second-order valence-corrected chi connectivity index (χ2v) is 6.62. The van der Waals surface area contributed by atoms with Crippen molar-refractivity contribution in [1.29, 1.82) is 0 Å². The molecular weight excluding hydrogens is 307 g/mol. The number of likely N-dealkylation sites (tertiary alicyclic amines) is 1. The Morgan fingerprint density at radius 2 is 2.14 bits per heavy atom. The third-order valence-electron chi connectivity index (χ3n) is 4.12. The topological polar surface area (TPSA) is 23.6 Å². The number of Topliss-reactive ketones (excluding diaryl/α,β-unsaturated/α-hetero) is 1. The van der Waals surface area contributed by atoms with Gasteiger partial charge in [-0.1, -0.05) is 29.3 Å². The standard InChI is InChI=1S/C16H22Cl2N2O/c1-19(2)12-5-4-9-20(11-12)10-8-15(21)13-6-3-7-14(17)16(13)18/h3,6-7,12H,4-5,8-11H2,1-2H3. The highest BCUT2D eigenvalue weighted by Crippen LogP contribution is 2.26. The molecule has 1 heterocycles. The van der Waals surface area contributed by atoms with E-state index in [-0.39, 0.29) is 5.78 Å². The minimum Gasteiger partial charge on any atom is -0.305 e. The van der Waals surface area contributed by atoms with Gasteiger partial charge in [-0.25, -0.2) is 0 Å². The van der Waals surface area contributed by atoms with Crippen LogP contribution < -0.4 is 0 Å². The highest BCUT2D eigenvalue weighted by atomic mass is 35.5. The molecule has 0 saturated carbocycles. The van der Waals surface area contributed by atoms with E-state index in [0.717, 1.165) is 19.6 Å². The summed E-state index contributed by atoms with van der Waals surface area (Å²) in [6, 6.07) is 5.80. The van der Waals surface area contributed by atoms with Gasteiger partial charge in [-0.05, 0) is 45.6 Å². The lowest BCUT2D eigenvalue weighted by molar-refractivity contribution is 0.0928. The first-order chi connectivity index (χ1) is 9.99. The lowest BCUT2D eigenvalue weighted by Gasteiger charge is -2.36. The molecule has 1 atom stereocenters. The van der Waals surface area contributed by atoms with Crippen LogP contribution in [0.5, 0.6) is 0 Å². The van der Waals surface area contributed by atoms with Gasteiger partial charge in [0.1, 0.15) is 0 Å². The molecule has 1 aromatic carbocycles. The number of hydrogen-bond donors (Lipinski definition) is 0. The molecule has 1 fully saturated rings. The zero-order valence-electron chi connectivity index (χ0n) is 12.6. The van der Waals surface area contributed by atoms with Gasteiger partial charge in [-0.2, -0.15) is 0 Å². The number of hydrogen-bond acceptors (Lipinski definition) is 3. The molecule has 21 heavy (non-hydrogen) atoms. The predicted molar refractivity (Wildman–Crippen MR) is 88.6 cm³/mol. The highest BCUT2D eigenvalue weighted by Gasteiger charge is 2.22. The zero-order valence-corrected chi connectivity index (χ0v) is 14.1. The first kappa shape index (κ1) is 16.8. The second kappa shape index (κ2) is 7.59. The largest absolute Gasteiger partial charge is 0.305 e. The van der Waals surface area contributed by atoms with Gasteiger partial charge in [0, 0.05) is 31.1 Å². The average molecular weight is 329 g/mol. The van der Waals surface area contributed by atoms with Crippen molar-refractivity contribution >= 4 is 29.0 Å². The normalized spacial score (nSPS) is 20.0. The van der Waals surface area contributed by atoms with Crippen molar-refractivity contribution in [3.8, 4) is 0 Å². The first-order valence-electron chi connectivity index (χ1n) is 7.35. The van der Waals surface area contributed by atoms with E-state index >= 15 is 0 Å². The van der Waals surface area contributed by atoms with Gasteiger partial charge in [-0.15, -0.1) is 0 Å². The second-order valence-electron chi connectivity index (χ2n) is 5.83. The minimum absolute atomic E-state index is 0.0643. The SMILES string of the molecule is CN(C)C1CCCN(CCC(=O)c2cccc(Cl)c2Cl)C1. The van der Waals surface area contributed by atoms with Gasteiger partial charge in [0.05, 0.1) is 10.0 Å². The van der Waals surface area contributed by atoms with Gasteiger partial charge in [0.15, 0.2) is 5.78 Å². The van der Waals surface area contributed by atoms with Gasteiger partial charge in [-0.3, -0.25) is 4.79 Å². The van der Waals surface area contributed by atoms with Crippen LogP contribution in [0.2, 0.25) is 10.0 Å². The molecule has 1 aliphatic heterocycles. The molecule has 0 aliphatic carbocycles. The third kappa shape index (κ3) is 4.43. The molecule has 2 rings (SSSR count). The van der Waals surface area contributed by atoms with Crippen molar-refractivity contribution in [3.63, 3.8) is 0 Å². The van der Waals surface area contributed by atoms with Crippen LogP contribution in [0.3, 0.4) is 0 Å². The van der Waals surface area contributed by atoms with Crippen LogP contribution in [0.4, 0.5) is 0 Å². The van der Waals surface area contributed by atoms with Crippen molar-refractivity contribution in [2.24, 2.45) is 0 Å². The minimum atomic E-state index is 0.0643. The maximum atomic E-state index is 12.3. The Morgan fingerprint density at radius 3 is 2.86 bits per heavy atom. The molecule has 0 amide bonds. The number of piperidine rings is 1. The van der Waals surface area contributed by atoms with E-state index in [1.165, 1.54) is 12.8 Å².